The van der Waals surface area contributed by atoms with Crippen LogP contribution in [0.1, 0.15) is 17.8 Å². The number of carbonyl (C=O) groups excluding carboxylic acids is 2. The minimum absolute atomic E-state index is 0.0778. The summed E-state index contributed by atoms with van der Waals surface area (Å²) in [5.74, 6) is -0.0778. The van der Waals surface area contributed by atoms with Crippen LogP contribution in [0.15, 0.2) is 12.4 Å². The standard InChI is InChI=1S/C12H15N7O2S/c1-7-17-18-12(22-7)16-11(21)15-9-4-13-19(5-9)6-10(20)14-8-2-3-8/h4-5,8H,2-3,6H2,1H3,(H,14,20)(H2,15,16,18,21). The predicted octanol–water partition coefficient (Wildman–Crippen LogP) is 0.966. The largest absolute Gasteiger partial charge is 0.352 e. The number of urea groups is 1. The number of aromatic nitrogens is 4. The van der Waals surface area contributed by atoms with E-state index in [4.69, 9.17) is 0 Å². The predicted molar refractivity (Wildman–Crippen MR) is 80.7 cm³/mol. The van der Waals surface area contributed by atoms with Gasteiger partial charge in [0.25, 0.3) is 0 Å². The molecule has 1 saturated carbocycles. The number of aryl methyl sites for hydroxylation is 1. The number of nitrogens with zero attached hydrogens (tertiary/aromatic N) is 4. The molecule has 0 atom stereocenters. The zero-order chi connectivity index (χ0) is 15.5. The van der Waals surface area contributed by atoms with Gasteiger partial charge in [-0.1, -0.05) is 11.3 Å². The summed E-state index contributed by atoms with van der Waals surface area (Å²) in [7, 11) is 0. The van der Waals surface area contributed by atoms with Crippen LogP contribution in [0.3, 0.4) is 0 Å². The number of anilines is 2. The van der Waals surface area contributed by atoms with Crippen molar-refractivity contribution >= 4 is 34.1 Å². The van der Waals surface area contributed by atoms with Crippen molar-refractivity contribution in [3.8, 4) is 0 Å². The number of rotatable bonds is 5. The molecule has 2 heterocycles. The third kappa shape index (κ3) is 4.01. The Balaban J connectivity index is 1.50. The van der Waals surface area contributed by atoms with E-state index in [1.165, 1.54) is 22.2 Å². The SMILES string of the molecule is Cc1nnc(NC(=O)Nc2cnn(CC(=O)NC3CC3)c2)s1. The second kappa shape index (κ2) is 6.10. The molecule has 0 aliphatic heterocycles. The van der Waals surface area contributed by atoms with Crippen LogP contribution in [-0.2, 0) is 11.3 Å². The van der Waals surface area contributed by atoms with Gasteiger partial charge >= 0.3 is 6.03 Å². The number of carbonyl (C=O) groups is 2. The van der Waals surface area contributed by atoms with Gasteiger partial charge in [-0.3, -0.25) is 14.8 Å². The molecule has 1 aliphatic rings. The van der Waals surface area contributed by atoms with Crippen LogP contribution >= 0.6 is 11.3 Å². The Hall–Kier alpha value is -2.49. The Bertz CT molecular complexity index is 691. The Kier molecular flexibility index (Phi) is 4.00. The Morgan fingerprint density at radius 3 is 2.86 bits per heavy atom. The van der Waals surface area contributed by atoms with Crippen molar-refractivity contribution in [3.05, 3.63) is 17.4 Å². The molecule has 10 heteroatoms. The molecule has 3 N–H and O–H groups in total. The molecule has 22 heavy (non-hydrogen) atoms. The quantitative estimate of drug-likeness (QED) is 0.759. The van der Waals surface area contributed by atoms with Gasteiger partial charge in [0.2, 0.25) is 11.0 Å². The lowest BCUT2D eigenvalue weighted by Crippen LogP contribution is -2.29. The first-order valence-electron chi connectivity index (χ1n) is 6.78. The zero-order valence-corrected chi connectivity index (χ0v) is 12.7. The topological polar surface area (TPSA) is 114 Å². The summed E-state index contributed by atoms with van der Waals surface area (Å²) < 4.78 is 1.47. The first kappa shape index (κ1) is 14.4. The highest BCUT2D eigenvalue weighted by molar-refractivity contribution is 7.15. The monoisotopic (exact) mass is 321 g/mol. The number of amides is 3. The first-order chi connectivity index (χ1) is 10.6. The molecule has 0 bridgehead atoms. The second-order valence-corrected chi connectivity index (χ2v) is 6.16. The average Bonchev–Trinajstić information content (AvgIpc) is 3.00. The van der Waals surface area contributed by atoms with Crippen LogP contribution in [0, 0.1) is 6.92 Å². The second-order valence-electron chi connectivity index (χ2n) is 4.97. The van der Waals surface area contributed by atoms with Crippen molar-refractivity contribution in [1.82, 2.24) is 25.3 Å². The van der Waals surface area contributed by atoms with E-state index in [0.717, 1.165) is 17.8 Å². The summed E-state index contributed by atoms with van der Waals surface area (Å²) in [5.41, 5.74) is 0.498. The Morgan fingerprint density at radius 1 is 1.36 bits per heavy atom. The maximum Gasteiger partial charge on any atom is 0.325 e. The van der Waals surface area contributed by atoms with Crippen LogP contribution in [0.25, 0.3) is 0 Å². The normalized spacial score (nSPS) is 13.7. The van der Waals surface area contributed by atoms with Gasteiger partial charge in [0.05, 0.1) is 11.9 Å². The molecular weight excluding hydrogens is 306 g/mol. The molecule has 0 radical (unpaired) electrons. The molecule has 0 aromatic carbocycles. The molecular formula is C12H15N7O2S. The van der Waals surface area contributed by atoms with Gasteiger partial charge in [0.1, 0.15) is 11.6 Å². The fraction of sp³-hybridized carbons (Fsp3) is 0.417. The van der Waals surface area contributed by atoms with Crippen molar-refractivity contribution in [2.45, 2.75) is 32.4 Å². The van der Waals surface area contributed by atoms with Crippen molar-refractivity contribution in [2.24, 2.45) is 0 Å². The summed E-state index contributed by atoms with van der Waals surface area (Å²) in [6.07, 6.45) is 5.17. The number of nitrogens with one attached hydrogen (secondary N) is 3. The van der Waals surface area contributed by atoms with Gasteiger partial charge in [0.15, 0.2) is 0 Å². The summed E-state index contributed by atoms with van der Waals surface area (Å²) in [4.78, 5) is 23.4. The van der Waals surface area contributed by atoms with E-state index < -0.39 is 6.03 Å². The van der Waals surface area contributed by atoms with Crippen molar-refractivity contribution < 1.29 is 9.59 Å². The molecule has 0 unspecified atom stereocenters. The molecule has 2 aromatic heterocycles. The van der Waals surface area contributed by atoms with Crippen molar-refractivity contribution in [3.63, 3.8) is 0 Å². The Morgan fingerprint density at radius 2 is 2.18 bits per heavy atom. The third-order valence-corrected chi connectivity index (χ3v) is 3.64. The summed E-state index contributed by atoms with van der Waals surface area (Å²) >= 11 is 1.28. The molecule has 3 rings (SSSR count). The minimum Gasteiger partial charge on any atom is -0.352 e. The van der Waals surface area contributed by atoms with Crippen molar-refractivity contribution in [2.75, 3.05) is 10.6 Å². The smallest absolute Gasteiger partial charge is 0.325 e. The summed E-state index contributed by atoms with van der Waals surface area (Å²) in [5, 5.41) is 20.9. The molecule has 0 spiro atoms. The molecule has 3 amide bonds. The lowest BCUT2D eigenvalue weighted by molar-refractivity contribution is -0.122. The highest BCUT2D eigenvalue weighted by Crippen LogP contribution is 2.18. The molecule has 1 aliphatic carbocycles. The molecule has 116 valence electrons. The van der Waals surface area contributed by atoms with Gasteiger partial charge in [-0.05, 0) is 19.8 Å². The van der Waals surface area contributed by atoms with E-state index in [2.05, 4.69) is 31.2 Å². The van der Waals surface area contributed by atoms with Crippen LogP contribution in [-0.4, -0.2) is 38.0 Å². The van der Waals surface area contributed by atoms with E-state index in [1.807, 2.05) is 0 Å². The third-order valence-electron chi connectivity index (χ3n) is 2.89. The van der Waals surface area contributed by atoms with E-state index >= 15 is 0 Å². The highest BCUT2D eigenvalue weighted by atomic mass is 32.1. The lowest BCUT2D eigenvalue weighted by Gasteiger charge is -2.03. The molecule has 9 nitrogen and oxygen atoms in total. The maximum atomic E-state index is 11.8. The van der Waals surface area contributed by atoms with Gasteiger partial charge in [-0.15, -0.1) is 10.2 Å². The lowest BCUT2D eigenvalue weighted by atomic mass is 10.5. The van der Waals surface area contributed by atoms with Crippen LogP contribution < -0.4 is 16.0 Å². The molecule has 1 fully saturated rings. The van der Waals surface area contributed by atoms with Gasteiger partial charge in [-0.25, -0.2) is 4.79 Å². The number of hydrogen-bond donors (Lipinski definition) is 3. The van der Waals surface area contributed by atoms with E-state index in [1.54, 1.807) is 13.1 Å². The van der Waals surface area contributed by atoms with Crippen LogP contribution in [0.2, 0.25) is 0 Å². The first-order valence-corrected chi connectivity index (χ1v) is 7.60. The summed E-state index contributed by atoms with van der Waals surface area (Å²) in [6.45, 7) is 1.94. The molecule has 0 saturated heterocycles. The van der Waals surface area contributed by atoms with Gasteiger partial charge in [-0.2, -0.15) is 5.10 Å². The van der Waals surface area contributed by atoms with E-state index in [-0.39, 0.29) is 12.5 Å². The maximum absolute atomic E-state index is 11.8. The highest BCUT2D eigenvalue weighted by Gasteiger charge is 2.23. The molecule has 2 aromatic rings. The minimum atomic E-state index is -0.432. The Labute approximate surface area is 130 Å². The zero-order valence-electron chi connectivity index (χ0n) is 11.9. The van der Waals surface area contributed by atoms with E-state index in [9.17, 15) is 9.59 Å². The fourth-order valence-electron chi connectivity index (χ4n) is 1.77. The van der Waals surface area contributed by atoms with Crippen LogP contribution in [0.4, 0.5) is 15.6 Å². The van der Waals surface area contributed by atoms with Gasteiger partial charge in [0, 0.05) is 12.2 Å². The van der Waals surface area contributed by atoms with Gasteiger partial charge < -0.3 is 10.6 Å². The fourth-order valence-corrected chi connectivity index (χ4v) is 2.36. The van der Waals surface area contributed by atoms with E-state index in [0.29, 0.717) is 16.9 Å². The van der Waals surface area contributed by atoms with Crippen LogP contribution in [0.5, 0.6) is 0 Å². The number of hydrogen-bond acceptors (Lipinski definition) is 6. The average molecular weight is 321 g/mol. The summed E-state index contributed by atoms with van der Waals surface area (Å²) in [6, 6.07) is -0.111. The van der Waals surface area contributed by atoms with Crippen molar-refractivity contribution in [1.29, 1.82) is 0 Å².